The minimum atomic E-state index is 0.332. The van der Waals surface area contributed by atoms with E-state index in [0.29, 0.717) is 12.1 Å². The standard InChI is InChI=1S/C10H16N2S/c1-2-12-6-5-8(11)10(12)9-4-3-7-13-9/h3-4,7-8,10H,2,5-6,11H2,1H3. The molecule has 2 N–H and O–H groups in total. The lowest BCUT2D eigenvalue weighted by molar-refractivity contribution is 0.264. The second-order valence-electron chi connectivity index (χ2n) is 3.54. The molecule has 0 amide bonds. The van der Waals surface area contributed by atoms with Gasteiger partial charge in [-0.2, -0.15) is 0 Å². The third-order valence-electron chi connectivity index (χ3n) is 2.79. The number of thiophene rings is 1. The predicted octanol–water partition coefficient (Wildman–Crippen LogP) is 1.84. The average Bonchev–Trinajstić information content (AvgIpc) is 2.72. The molecular formula is C10H16N2S. The Kier molecular flexibility index (Phi) is 2.67. The van der Waals surface area contributed by atoms with Crippen molar-refractivity contribution in [2.45, 2.75) is 25.4 Å². The molecule has 2 rings (SSSR count). The summed E-state index contributed by atoms with van der Waals surface area (Å²) in [5, 5.41) is 2.13. The van der Waals surface area contributed by atoms with Gasteiger partial charge in [0.05, 0.1) is 6.04 Å². The number of likely N-dealkylation sites (N-methyl/N-ethyl adjacent to an activating group) is 1. The molecule has 2 heterocycles. The molecule has 2 atom stereocenters. The van der Waals surface area contributed by atoms with Crippen molar-refractivity contribution < 1.29 is 0 Å². The molecule has 0 aromatic carbocycles. The zero-order chi connectivity index (χ0) is 9.26. The molecule has 13 heavy (non-hydrogen) atoms. The van der Waals surface area contributed by atoms with Gasteiger partial charge < -0.3 is 5.73 Å². The summed E-state index contributed by atoms with van der Waals surface area (Å²) in [6, 6.07) is 5.12. The van der Waals surface area contributed by atoms with Gasteiger partial charge in [-0.3, -0.25) is 4.90 Å². The average molecular weight is 196 g/mol. The van der Waals surface area contributed by atoms with Crippen LogP contribution in [-0.2, 0) is 0 Å². The lowest BCUT2D eigenvalue weighted by Gasteiger charge is -2.24. The van der Waals surface area contributed by atoms with Gasteiger partial charge in [-0.05, 0) is 24.4 Å². The normalized spacial score (nSPS) is 29.7. The summed E-state index contributed by atoms with van der Waals surface area (Å²) in [5.41, 5.74) is 6.10. The first-order chi connectivity index (χ1) is 6.33. The van der Waals surface area contributed by atoms with Crippen LogP contribution in [0.5, 0.6) is 0 Å². The molecule has 1 fully saturated rings. The van der Waals surface area contributed by atoms with E-state index < -0.39 is 0 Å². The number of nitrogens with zero attached hydrogens (tertiary/aromatic N) is 1. The first kappa shape index (κ1) is 9.19. The minimum absolute atomic E-state index is 0.332. The maximum atomic E-state index is 6.10. The zero-order valence-electron chi connectivity index (χ0n) is 7.94. The van der Waals surface area contributed by atoms with E-state index in [1.165, 1.54) is 4.88 Å². The van der Waals surface area contributed by atoms with Crippen LogP contribution in [0, 0.1) is 0 Å². The van der Waals surface area contributed by atoms with Crippen molar-refractivity contribution in [3.05, 3.63) is 22.4 Å². The Morgan fingerprint density at radius 2 is 2.54 bits per heavy atom. The summed E-state index contributed by atoms with van der Waals surface area (Å²) in [6.07, 6.45) is 1.14. The van der Waals surface area contributed by atoms with Gasteiger partial charge in [0.1, 0.15) is 0 Å². The van der Waals surface area contributed by atoms with Crippen molar-refractivity contribution in [1.29, 1.82) is 0 Å². The zero-order valence-corrected chi connectivity index (χ0v) is 8.76. The first-order valence-electron chi connectivity index (χ1n) is 4.86. The van der Waals surface area contributed by atoms with Crippen LogP contribution in [0.25, 0.3) is 0 Å². The Labute approximate surface area is 83.4 Å². The van der Waals surface area contributed by atoms with Crippen LogP contribution in [-0.4, -0.2) is 24.0 Å². The monoisotopic (exact) mass is 196 g/mol. The minimum Gasteiger partial charge on any atom is -0.326 e. The highest BCUT2D eigenvalue weighted by Crippen LogP contribution is 2.33. The van der Waals surface area contributed by atoms with Crippen molar-refractivity contribution >= 4 is 11.3 Å². The van der Waals surface area contributed by atoms with Crippen molar-refractivity contribution in [2.75, 3.05) is 13.1 Å². The fourth-order valence-corrected chi connectivity index (χ4v) is 3.02. The molecule has 1 aromatic rings. The summed E-state index contributed by atoms with van der Waals surface area (Å²) in [7, 11) is 0. The van der Waals surface area contributed by atoms with E-state index in [-0.39, 0.29) is 0 Å². The van der Waals surface area contributed by atoms with E-state index in [1.807, 2.05) is 11.3 Å². The van der Waals surface area contributed by atoms with Crippen molar-refractivity contribution in [1.82, 2.24) is 4.90 Å². The summed E-state index contributed by atoms with van der Waals surface area (Å²) >= 11 is 1.82. The molecule has 0 saturated carbocycles. The topological polar surface area (TPSA) is 29.3 Å². The number of nitrogens with two attached hydrogens (primary N) is 1. The Morgan fingerprint density at radius 1 is 1.69 bits per heavy atom. The molecule has 3 heteroatoms. The van der Waals surface area contributed by atoms with Crippen LogP contribution in [0.15, 0.2) is 17.5 Å². The Bertz CT molecular complexity index is 258. The molecule has 1 aromatic heterocycles. The van der Waals surface area contributed by atoms with Crippen LogP contribution in [0.4, 0.5) is 0 Å². The molecule has 0 spiro atoms. The molecule has 2 unspecified atom stereocenters. The smallest absolute Gasteiger partial charge is 0.0593 e. The second-order valence-corrected chi connectivity index (χ2v) is 4.52. The molecule has 1 saturated heterocycles. The number of hydrogen-bond acceptors (Lipinski definition) is 3. The van der Waals surface area contributed by atoms with Crippen molar-refractivity contribution in [3.8, 4) is 0 Å². The van der Waals surface area contributed by atoms with Gasteiger partial charge in [-0.15, -0.1) is 11.3 Å². The van der Waals surface area contributed by atoms with Gasteiger partial charge in [0.15, 0.2) is 0 Å². The van der Waals surface area contributed by atoms with Crippen LogP contribution in [0.1, 0.15) is 24.3 Å². The molecule has 1 aliphatic rings. The van der Waals surface area contributed by atoms with Gasteiger partial charge in [0.25, 0.3) is 0 Å². The number of likely N-dealkylation sites (tertiary alicyclic amines) is 1. The van der Waals surface area contributed by atoms with Crippen molar-refractivity contribution in [2.24, 2.45) is 5.73 Å². The highest BCUT2D eigenvalue weighted by Gasteiger charge is 2.32. The molecule has 1 aliphatic heterocycles. The molecular weight excluding hydrogens is 180 g/mol. The molecule has 72 valence electrons. The summed E-state index contributed by atoms with van der Waals surface area (Å²) in [4.78, 5) is 3.89. The third-order valence-corrected chi connectivity index (χ3v) is 3.73. The molecule has 0 bridgehead atoms. The lowest BCUT2D eigenvalue weighted by atomic mass is 10.1. The van der Waals surface area contributed by atoms with E-state index >= 15 is 0 Å². The van der Waals surface area contributed by atoms with Crippen LogP contribution in [0.3, 0.4) is 0 Å². The second kappa shape index (κ2) is 3.78. The van der Waals surface area contributed by atoms with E-state index in [9.17, 15) is 0 Å². The van der Waals surface area contributed by atoms with E-state index in [4.69, 9.17) is 5.73 Å². The largest absolute Gasteiger partial charge is 0.326 e. The van der Waals surface area contributed by atoms with Gasteiger partial charge in [0, 0.05) is 17.5 Å². The van der Waals surface area contributed by atoms with Gasteiger partial charge in [-0.25, -0.2) is 0 Å². The van der Waals surface area contributed by atoms with Crippen LogP contribution < -0.4 is 5.73 Å². The van der Waals surface area contributed by atoms with Crippen LogP contribution in [0.2, 0.25) is 0 Å². The highest BCUT2D eigenvalue weighted by molar-refractivity contribution is 7.10. The number of rotatable bonds is 2. The Morgan fingerprint density at radius 3 is 3.15 bits per heavy atom. The van der Waals surface area contributed by atoms with Crippen molar-refractivity contribution in [3.63, 3.8) is 0 Å². The molecule has 0 radical (unpaired) electrons. The summed E-state index contributed by atoms with van der Waals surface area (Å²) in [6.45, 7) is 4.47. The summed E-state index contributed by atoms with van der Waals surface area (Å²) in [5.74, 6) is 0. The molecule has 0 aliphatic carbocycles. The SMILES string of the molecule is CCN1CCC(N)C1c1cccs1. The van der Waals surface area contributed by atoms with Gasteiger partial charge in [-0.1, -0.05) is 13.0 Å². The van der Waals surface area contributed by atoms with E-state index in [0.717, 1.165) is 19.5 Å². The molecule has 2 nitrogen and oxygen atoms in total. The lowest BCUT2D eigenvalue weighted by Crippen LogP contribution is -2.30. The highest BCUT2D eigenvalue weighted by atomic mass is 32.1. The van der Waals surface area contributed by atoms with E-state index in [2.05, 4.69) is 29.3 Å². The quantitative estimate of drug-likeness (QED) is 0.782. The first-order valence-corrected chi connectivity index (χ1v) is 5.74. The van der Waals surface area contributed by atoms with Gasteiger partial charge in [0.2, 0.25) is 0 Å². The number of hydrogen-bond donors (Lipinski definition) is 1. The van der Waals surface area contributed by atoms with E-state index in [1.54, 1.807) is 0 Å². The van der Waals surface area contributed by atoms with Gasteiger partial charge >= 0.3 is 0 Å². The maximum absolute atomic E-state index is 6.10. The Balaban J connectivity index is 2.20. The Hall–Kier alpha value is -0.380. The van der Waals surface area contributed by atoms with Crippen LogP contribution >= 0.6 is 11.3 Å². The third kappa shape index (κ3) is 1.64. The maximum Gasteiger partial charge on any atom is 0.0593 e. The fraction of sp³-hybridized carbons (Fsp3) is 0.600. The fourth-order valence-electron chi connectivity index (χ4n) is 2.09. The summed E-state index contributed by atoms with van der Waals surface area (Å²) < 4.78 is 0. The predicted molar refractivity (Wildman–Crippen MR) is 56.9 cm³/mol.